The molecule has 1 fully saturated rings. The maximum atomic E-state index is 11.6. The Balaban J connectivity index is 2.73. The first-order valence-corrected chi connectivity index (χ1v) is 5.13. The topological polar surface area (TPSA) is 49.4 Å². The summed E-state index contributed by atoms with van der Waals surface area (Å²) >= 11 is 0. The number of nitrogens with one attached hydrogen (secondary N) is 1. The van der Waals surface area contributed by atoms with E-state index in [9.17, 15) is 9.59 Å². The normalized spacial score (nSPS) is 22.9. The quantitative estimate of drug-likeness (QED) is 0.712. The summed E-state index contributed by atoms with van der Waals surface area (Å²) in [7, 11) is 0. The fraction of sp³-hybridized carbons (Fsp3) is 0.800. The van der Waals surface area contributed by atoms with E-state index in [0.717, 1.165) is 0 Å². The summed E-state index contributed by atoms with van der Waals surface area (Å²) < 4.78 is 0. The lowest BCUT2D eigenvalue weighted by Gasteiger charge is -2.35. The lowest BCUT2D eigenvalue weighted by atomic mass is 10.1. The molecule has 2 amide bonds. The Hall–Kier alpha value is -1.06. The second-order valence-corrected chi connectivity index (χ2v) is 4.08. The van der Waals surface area contributed by atoms with Crippen molar-refractivity contribution in [3.05, 3.63) is 0 Å². The van der Waals surface area contributed by atoms with Crippen molar-refractivity contribution in [2.24, 2.45) is 5.92 Å². The van der Waals surface area contributed by atoms with Crippen molar-refractivity contribution in [1.82, 2.24) is 10.2 Å². The molecule has 1 rings (SSSR count). The summed E-state index contributed by atoms with van der Waals surface area (Å²) in [6.07, 6.45) is 0.685. The zero-order valence-corrected chi connectivity index (χ0v) is 9.04. The van der Waals surface area contributed by atoms with Crippen LogP contribution in [0.5, 0.6) is 0 Å². The molecule has 0 aromatic heterocycles. The molecule has 1 aliphatic heterocycles. The lowest BCUT2D eigenvalue weighted by molar-refractivity contribution is -0.146. The van der Waals surface area contributed by atoms with Crippen LogP contribution in [0.2, 0.25) is 0 Å². The summed E-state index contributed by atoms with van der Waals surface area (Å²) in [6, 6.07) is -0.265. The third kappa shape index (κ3) is 2.25. The van der Waals surface area contributed by atoms with E-state index in [1.165, 1.54) is 0 Å². The average Bonchev–Trinajstić information content (AvgIpc) is 2.11. The maximum Gasteiger partial charge on any atom is 0.243 e. The van der Waals surface area contributed by atoms with Crippen LogP contribution in [0.15, 0.2) is 0 Å². The molecule has 1 aliphatic rings. The van der Waals surface area contributed by atoms with Gasteiger partial charge < -0.3 is 10.2 Å². The van der Waals surface area contributed by atoms with Gasteiger partial charge in [0, 0.05) is 6.54 Å². The Bertz CT molecular complexity index is 238. The summed E-state index contributed by atoms with van der Waals surface area (Å²) in [5, 5.41) is 2.61. The van der Waals surface area contributed by atoms with Gasteiger partial charge in [0.15, 0.2) is 0 Å². The van der Waals surface area contributed by atoms with Crippen LogP contribution in [0.25, 0.3) is 0 Å². The predicted octanol–water partition coefficient (Wildman–Crippen LogP) is 0.379. The Morgan fingerprint density at radius 1 is 1.50 bits per heavy atom. The van der Waals surface area contributed by atoms with Gasteiger partial charge >= 0.3 is 0 Å². The first-order chi connectivity index (χ1) is 6.56. The Morgan fingerprint density at radius 3 is 2.64 bits per heavy atom. The summed E-state index contributed by atoms with van der Waals surface area (Å²) in [5.74, 6) is 0.414. The van der Waals surface area contributed by atoms with Crippen molar-refractivity contribution < 1.29 is 9.59 Å². The van der Waals surface area contributed by atoms with Gasteiger partial charge in [0.1, 0.15) is 6.04 Å². The van der Waals surface area contributed by atoms with Gasteiger partial charge in [0.2, 0.25) is 11.8 Å². The summed E-state index contributed by atoms with van der Waals surface area (Å²) in [5.41, 5.74) is 0. The minimum Gasteiger partial charge on any atom is -0.345 e. The number of piperazine rings is 1. The van der Waals surface area contributed by atoms with Gasteiger partial charge in [-0.1, -0.05) is 20.8 Å². The van der Waals surface area contributed by atoms with Crippen molar-refractivity contribution >= 4 is 11.8 Å². The highest BCUT2D eigenvalue weighted by molar-refractivity contribution is 5.94. The van der Waals surface area contributed by atoms with Crippen LogP contribution in [0.3, 0.4) is 0 Å². The largest absolute Gasteiger partial charge is 0.345 e. The monoisotopic (exact) mass is 198 g/mol. The Labute approximate surface area is 84.7 Å². The number of carbonyl (C=O) groups is 2. The Morgan fingerprint density at radius 2 is 2.14 bits per heavy atom. The van der Waals surface area contributed by atoms with Crippen LogP contribution < -0.4 is 5.32 Å². The van der Waals surface area contributed by atoms with E-state index in [0.29, 0.717) is 18.9 Å². The molecule has 0 bridgehead atoms. The second-order valence-electron chi connectivity index (χ2n) is 4.08. The molecule has 1 N–H and O–H groups in total. The molecule has 80 valence electrons. The molecule has 1 unspecified atom stereocenters. The van der Waals surface area contributed by atoms with Crippen LogP contribution in [0.4, 0.5) is 0 Å². The predicted molar refractivity (Wildman–Crippen MR) is 53.6 cm³/mol. The van der Waals surface area contributed by atoms with Crippen LogP contribution in [-0.4, -0.2) is 35.8 Å². The number of carbonyl (C=O) groups excluding carboxylic acids is 2. The van der Waals surface area contributed by atoms with Crippen LogP contribution in [-0.2, 0) is 9.59 Å². The van der Waals surface area contributed by atoms with Crippen molar-refractivity contribution in [2.45, 2.75) is 33.2 Å². The minimum atomic E-state index is -0.265. The fourth-order valence-electron chi connectivity index (χ4n) is 1.73. The number of hydrogen-bond acceptors (Lipinski definition) is 2. The molecular formula is C10H18N2O2. The molecular weight excluding hydrogens is 180 g/mol. The minimum absolute atomic E-state index is 0.0206. The van der Waals surface area contributed by atoms with E-state index in [4.69, 9.17) is 0 Å². The maximum absolute atomic E-state index is 11.6. The molecule has 0 aromatic carbocycles. The van der Waals surface area contributed by atoms with Gasteiger partial charge in [0.05, 0.1) is 6.54 Å². The van der Waals surface area contributed by atoms with Gasteiger partial charge in [-0.3, -0.25) is 9.59 Å². The SMILES string of the molecule is CCC1C(=O)NCC(=O)N1CC(C)C. The van der Waals surface area contributed by atoms with Crippen molar-refractivity contribution in [3.8, 4) is 0 Å². The van der Waals surface area contributed by atoms with E-state index < -0.39 is 0 Å². The number of nitrogens with zero attached hydrogens (tertiary/aromatic N) is 1. The first-order valence-electron chi connectivity index (χ1n) is 5.13. The lowest BCUT2D eigenvalue weighted by Crippen LogP contribution is -2.58. The van der Waals surface area contributed by atoms with Gasteiger partial charge in [0.25, 0.3) is 0 Å². The highest BCUT2D eigenvalue weighted by Crippen LogP contribution is 2.11. The number of amides is 2. The Kier molecular flexibility index (Phi) is 3.49. The third-order valence-electron chi connectivity index (χ3n) is 2.36. The second kappa shape index (κ2) is 4.44. The molecule has 0 aliphatic carbocycles. The number of hydrogen-bond donors (Lipinski definition) is 1. The van der Waals surface area contributed by atoms with E-state index in [-0.39, 0.29) is 24.4 Å². The molecule has 14 heavy (non-hydrogen) atoms. The molecule has 0 saturated carbocycles. The summed E-state index contributed by atoms with van der Waals surface area (Å²) in [4.78, 5) is 24.7. The first kappa shape index (κ1) is 11.0. The zero-order chi connectivity index (χ0) is 10.7. The van der Waals surface area contributed by atoms with Gasteiger partial charge in [-0.05, 0) is 12.3 Å². The van der Waals surface area contributed by atoms with E-state index in [1.807, 2.05) is 20.8 Å². The molecule has 4 nitrogen and oxygen atoms in total. The molecule has 0 spiro atoms. The van der Waals surface area contributed by atoms with Crippen LogP contribution >= 0.6 is 0 Å². The van der Waals surface area contributed by atoms with E-state index in [2.05, 4.69) is 5.32 Å². The zero-order valence-electron chi connectivity index (χ0n) is 9.04. The molecule has 4 heteroatoms. The molecule has 1 saturated heterocycles. The molecule has 0 aromatic rings. The molecule has 0 radical (unpaired) electrons. The van der Waals surface area contributed by atoms with Crippen molar-refractivity contribution in [1.29, 1.82) is 0 Å². The van der Waals surface area contributed by atoms with E-state index in [1.54, 1.807) is 4.90 Å². The third-order valence-corrected chi connectivity index (χ3v) is 2.36. The molecule has 1 heterocycles. The van der Waals surface area contributed by atoms with Gasteiger partial charge in [-0.25, -0.2) is 0 Å². The van der Waals surface area contributed by atoms with Gasteiger partial charge in [-0.15, -0.1) is 0 Å². The van der Waals surface area contributed by atoms with Crippen LogP contribution in [0.1, 0.15) is 27.2 Å². The smallest absolute Gasteiger partial charge is 0.243 e. The van der Waals surface area contributed by atoms with Crippen LogP contribution in [0, 0.1) is 5.92 Å². The standard InChI is InChI=1S/C10H18N2O2/c1-4-8-10(14)11-5-9(13)12(8)6-7(2)3/h7-8H,4-6H2,1-3H3,(H,11,14). The summed E-state index contributed by atoms with van der Waals surface area (Å²) in [6.45, 7) is 6.85. The highest BCUT2D eigenvalue weighted by atomic mass is 16.2. The molecule has 1 atom stereocenters. The van der Waals surface area contributed by atoms with Gasteiger partial charge in [-0.2, -0.15) is 0 Å². The van der Waals surface area contributed by atoms with Crippen molar-refractivity contribution in [3.63, 3.8) is 0 Å². The van der Waals surface area contributed by atoms with Crippen molar-refractivity contribution in [2.75, 3.05) is 13.1 Å². The fourth-order valence-corrected chi connectivity index (χ4v) is 1.73. The highest BCUT2D eigenvalue weighted by Gasteiger charge is 2.32. The van der Waals surface area contributed by atoms with E-state index >= 15 is 0 Å². The average molecular weight is 198 g/mol. The number of rotatable bonds is 3.